The molecule has 13 nitrogen and oxygen atoms in total. The van der Waals surface area contributed by atoms with Crippen molar-refractivity contribution in [1.82, 2.24) is 4.98 Å². The van der Waals surface area contributed by atoms with Gasteiger partial charge in [-0.2, -0.15) is 0 Å². The molecule has 0 atom stereocenters. The molecule has 0 fully saturated rings. The molecule has 0 aromatic heterocycles. The van der Waals surface area contributed by atoms with Crippen LogP contribution in [-0.2, 0) is 9.59 Å². The third-order valence-corrected chi connectivity index (χ3v) is 10.3. The lowest BCUT2D eigenvalue weighted by atomic mass is 9.90. The van der Waals surface area contributed by atoms with E-state index < -0.39 is 23.3 Å². The summed E-state index contributed by atoms with van der Waals surface area (Å²) in [4.78, 5) is 67.4. The summed E-state index contributed by atoms with van der Waals surface area (Å²) in [5.41, 5.74) is 2.55. The first-order valence-electron chi connectivity index (χ1n) is 17.7. The number of phenols is 1. The number of phenolic OH excluding ortho intramolecular Hbond substituents is 1. The van der Waals surface area contributed by atoms with E-state index in [1.54, 1.807) is 53.4 Å². The number of aliphatic carboxylic acids is 2. The number of hydrogen-bond donors (Lipinski definition) is 4. The molecule has 4 aliphatic rings. The fraction of sp³-hybridized carbons (Fsp3) is 0.0909. The average molecular weight is 830 g/mol. The van der Waals surface area contributed by atoms with Crippen LogP contribution in [0.5, 0.6) is 5.75 Å². The zero-order valence-corrected chi connectivity index (χ0v) is 31.7. The van der Waals surface area contributed by atoms with E-state index in [2.05, 4.69) is 11.8 Å². The van der Waals surface area contributed by atoms with Crippen molar-refractivity contribution in [2.24, 2.45) is 0 Å². The third-order valence-electron chi connectivity index (χ3n) is 9.70. The van der Waals surface area contributed by atoms with Gasteiger partial charge in [0, 0.05) is 81.5 Å². The Bertz CT molecular complexity index is 3200. The fourth-order valence-electron chi connectivity index (χ4n) is 6.92. The number of carboxylic acids is 3. The van der Waals surface area contributed by atoms with E-state index in [9.17, 15) is 44.4 Å². The van der Waals surface area contributed by atoms with Gasteiger partial charge in [0.15, 0.2) is 16.8 Å². The van der Waals surface area contributed by atoms with Crippen LogP contribution in [0, 0.1) is 11.8 Å². The Morgan fingerprint density at radius 2 is 1.34 bits per heavy atom. The lowest BCUT2D eigenvalue weighted by Crippen LogP contribution is -2.28. The maximum absolute atomic E-state index is 13.2. The van der Waals surface area contributed by atoms with Gasteiger partial charge in [-0.05, 0) is 60.2 Å². The molecule has 0 saturated carbocycles. The largest absolute Gasteiger partial charge is 0.506 e. The van der Waals surface area contributed by atoms with Crippen molar-refractivity contribution < 1.29 is 43.6 Å². The number of halogens is 2. The predicted molar refractivity (Wildman–Crippen MR) is 220 cm³/mol. The monoisotopic (exact) mass is 828 g/mol. The van der Waals surface area contributed by atoms with Crippen molar-refractivity contribution in [3.05, 3.63) is 132 Å². The summed E-state index contributed by atoms with van der Waals surface area (Å²) < 4.78 is 12.1. The van der Waals surface area contributed by atoms with Crippen molar-refractivity contribution in [2.45, 2.75) is 12.8 Å². The normalized spacial score (nSPS) is 11.3. The summed E-state index contributed by atoms with van der Waals surface area (Å²) in [6.45, 7) is 0.129. The Hall–Kier alpha value is -7.40. The fourth-order valence-corrected chi connectivity index (χ4v) is 7.25. The van der Waals surface area contributed by atoms with Crippen LogP contribution in [0.3, 0.4) is 0 Å². The lowest BCUT2D eigenvalue weighted by Gasteiger charge is -2.23. The molecule has 0 unspecified atom stereocenters. The Morgan fingerprint density at radius 3 is 2.05 bits per heavy atom. The maximum atomic E-state index is 13.2. The summed E-state index contributed by atoms with van der Waals surface area (Å²) in [5, 5.41) is 40.2. The number of aromatic hydroxyl groups is 1. The first-order valence-corrected chi connectivity index (χ1v) is 18.5. The quantitative estimate of drug-likeness (QED) is 0.0615. The van der Waals surface area contributed by atoms with Gasteiger partial charge in [-0.1, -0.05) is 41.1 Å². The second kappa shape index (κ2) is 15.2. The van der Waals surface area contributed by atoms with E-state index in [1.165, 1.54) is 36.4 Å². The summed E-state index contributed by atoms with van der Waals surface area (Å²) >= 11 is 12.5. The number of nitrogens with zero attached hydrogens (tertiary/aromatic N) is 2. The standard InChI is InChI=1S/C44H26Cl2N2O11/c45-30-16-28-36(19-34(30)50)58-37-20-35(51)31(46)17-29(37)42(28)25-7-4-22(14-27(25)44(56)57)2-1-21-3-6-24-26(13-21)43-39(18-33(24)49)59-38-15-23(5-8-32(38)47-43)48(11-9-40(52)53)12-10-41(54)55/h3-8,13-20,50H,9-12H2,(H,52,53)(H,54,55)(H,56,57). The first kappa shape index (κ1) is 38.5. The van der Waals surface area contributed by atoms with E-state index in [0.717, 1.165) is 0 Å². The van der Waals surface area contributed by atoms with Gasteiger partial charge in [0.25, 0.3) is 0 Å². The number of aromatic nitrogens is 1. The van der Waals surface area contributed by atoms with Crippen molar-refractivity contribution in [3.8, 4) is 51.5 Å². The van der Waals surface area contributed by atoms with Crippen molar-refractivity contribution in [2.75, 3.05) is 18.0 Å². The van der Waals surface area contributed by atoms with Gasteiger partial charge in [0.2, 0.25) is 5.43 Å². The third kappa shape index (κ3) is 7.46. The molecular formula is C44H26Cl2N2O11. The minimum atomic E-state index is -1.27. The van der Waals surface area contributed by atoms with Crippen LogP contribution in [0.25, 0.3) is 66.7 Å². The smallest absolute Gasteiger partial charge is 0.336 e. The van der Waals surface area contributed by atoms with E-state index in [1.807, 2.05) is 0 Å². The lowest BCUT2D eigenvalue weighted by molar-refractivity contribution is -0.137. The predicted octanol–water partition coefficient (Wildman–Crippen LogP) is 8.19. The number of benzene rings is 6. The van der Waals surface area contributed by atoms with Gasteiger partial charge < -0.3 is 34.2 Å². The molecule has 2 aliphatic heterocycles. The molecule has 0 radical (unpaired) electrons. The highest BCUT2D eigenvalue weighted by atomic mass is 35.5. The van der Waals surface area contributed by atoms with Crippen molar-refractivity contribution in [3.63, 3.8) is 0 Å². The summed E-state index contributed by atoms with van der Waals surface area (Å²) in [5.74, 6) is 2.72. The highest BCUT2D eigenvalue weighted by molar-refractivity contribution is 6.33. The molecule has 0 saturated heterocycles. The zero-order chi connectivity index (χ0) is 41.7. The van der Waals surface area contributed by atoms with Gasteiger partial charge in [0.05, 0.1) is 28.5 Å². The molecule has 292 valence electrons. The van der Waals surface area contributed by atoms with Crippen LogP contribution in [0.4, 0.5) is 5.69 Å². The second-order valence-electron chi connectivity index (χ2n) is 13.5. The van der Waals surface area contributed by atoms with Gasteiger partial charge in [-0.3, -0.25) is 19.2 Å². The molecule has 2 heterocycles. The molecule has 0 amide bonds. The summed E-state index contributed by atoms with van der Waals surface area (Å²) in [6, 6.07) is 21.1. The molecular weight excluding hydrogens is 803 g/mol. The number of hydrogen-bond acceptors (Lipinski definition) is 10. The zero-order valence-electron chi connectivity index (χ0n) is 30.2. The van der Waals surface area contributed by atoms with Gasteiger partial charge >= 0.3 is 17.9 Å². The molecule has 15 heteroatoms. The van der Waals surface area contributed by atoms with Crippen molar-refractivity contribution >= 4 is 79.6 Å². The number of fused-ring (bicyclic) bond motifs is 6. The van der Waals surface area contributed by atoms with Crippen LogP contribution < -0.4 is 15.8 Å². The van der Waals surface area contributed by atoms with Crippen LogP contribution in [-0.4, -0.2) is 56.4 Å². The Balaban J connectivity index is 1.19. The topological polar surface area (TPSA) is 209 Å². The average Bonchev–Trinajstić information content (AvgIpc) is 3.19. The molecule has 4 N–H and O–H groups in total. The number of rotatable bonds is 9. The van der Waals surface area contributed by atoms with E-state index in [-0.39, 0.29) is 75.4 Å². The molecule has 8 rings (SSSR count). The van der Waals surface area contributed by atoms with E-state index in [0.29, 0.717) is 60.9 Å². The minimum Gasteiger partial charge on any atom is -0.506 e. The van der Waals surface area contributed by atoms with Gasteiger partial charge in [-0.25, -0.2) is 9.78 Å². The van der Waals surface area contributed by atoms with Crippen LogP contribution >= 0.6 is 23.2 Å². The molecule has 2 aliphatic carbocycles. The van der Waals surface area contributed by atoms with E-state index in [4.69, 9.17) is 37.0 Å². The number of aromatic carboxylic acids is 1. The molecule has 59 heavy (non-hydrogen) atoms. The Labute approximate surface area is 341 Å². The highest BCUT2D eigenvalue weighted by Crippen LogP contribution is 2.44. The number of carboxylic acid groups (broad SMARTS) is 3. The number of carbonyl (C=O) groups is 3. The molecule has 4 aromatic carbocycles. The summed E-state index contributed by atoms with van der Waals surface area (Å²) in [7, 11) is 0. The maximum Gasteiger partial charge on any atom is 0.336 e. The van der Waals surface area contributed by atoms with Gasteiger partial charge in [0.1, 0.15) is 28.3 Å². The second-order valence-corrected chi connectivity index (χ2v) is 14.3. The van der Waals surface area contributed by atoms with Crippen LogP contribution in [0.1, 0.15) is 34.3 Å². The van der Waals surface area contributed by atoms with Gasteiger partial charge in [-0.15, -0.1) is 0 Å². The SMILES string of the molecule is O=C(O)CCN(CCC(=O)O)c1ccc2nc3c4cc(C#Cc5ccc(-c6c7cc(Cl)c(=O)cc-7oc7cc(O)c(Cl)cc67)c(C(=O)O)c5)ccc4c(=O)cc-3oc2c1. The first-order chi connectivity index (χ1) is 28.2. The van der Waals surface area contributed by atoms with Crippen LogP contribution in [0.2, 0.25) is 10.0 Å². The Kier molecular flexibility index (Phi) is 9.89. The molecule has 0 spiro atoms. The van der Waals surface area contributed by atoms with Crippen LogP contribution in [0.15, 0.2) is 103 Å². The van der Waals surface area contributed by atoms with E-state index >= 15 is 0 Å². The number of anilines is 1. The summed E-state index contributed by atoms with van der Waals surface area (Å²) in [6.07, 6.45) is -0.424. The molecule has 4 aromatic rings. The van der Waals surface area contributed by atoms with Crippen molar-refractivity contribution in [1.29, 1.82) is 0 Å². The Morgan fingerprint density at radius 1 is 0.661 bits per heavy atom. The molecule has 0 bridgehead atoms. The minimum absolute atomic E-state index is 0.0102. The highest BCUT2D eigenvalue weighted by Gasteiger charge is 2.24.